The predicted octanol–water partition coefficient (Wildman–Crippen LogP) is 3.80. The van der Waals surface area contributed by atoms with Crippen LogP contribution in [0, 0.1) is 5.41 Å². The second-order valence-electron chi connectivity index (χ2n) is 6.12. The Morgan fingerprint density at radius 1 is 1.31 bits per heavy atom. The molecule has 0 spiro atoms. The zero-order valence-electron chi connectivity index (χ0n) is 10.7. The first-order valence-corrected chi connectivity index (χ1v) is 7.20. The van der Waals surface area contributed by atoms with Gasteiger partial charge in [0.25, 0.3) is 0 Å². The van der Waals surface area contributed by atoms with Crippen LogP contribution in [-0.2, 0) is 6.42 Å². The Balaban J connectivity index is 2.01. The fourth-order valence-electron chi connectivity index (χ4n) is 2.42. The van der Waals surface area contributed by atoms with Crippen molar-refractivity contribution in [3.05, 3.63) is 21.9 Å². The van der Waals surface area contributed by atoms with Gasteiger partial charge in [0, 0.05) is 4.88 Å². The van der Waals surface area contributed by atoms with E-state index in [4.69, 9.17) is 0 Å². The van der Waals surface area contributed by atoms with Crippen LogP contribution in [-0.4, -0.2) is 13.1 Å². The van der Waals surface area contributed by atoms with Crippen LogP contribution < -0.4 is 5.32 Å². The molecule has 0 unspecified atom stereocenters. The molecule has 1 N–H and O–H groups in total. The van der Waals surface area contributed by atoms with Gasteiger partial charge in [0.1, 0.15) is 0 Å². The van der Waals surface area contributed by atoms with Crippen LogP contribution in [0.5, 0.6) is 0 Å². The lowest BCUT2D eigenvalue weighted by atomic mass is 9.88. The van der Waals surface area contributed by atoms with E-state index in [1.807, 2.05) is 11.3 Å². The van der Waals surface area contributed by atoms with Crippen LogP contribution in [0.4, 0.5) is 0 Å². The Morgan fingerprint density at radius 3 is 2.62 bits per heavy atom. The lowest BCUT2D eigenvalue weighted by molar-refractivity contribution is 0.411. The van der Waals surface area contributed by atoms with E-state index in [0.29, 0.717) is 5.41 Å². The van der Waals surface area contributed by atoms with Gasteiger partial charge in [0.05, 0.1) is 0 Å². The van der Waals surface area contributed by atoms with Crippen LogP contribution >= 0.6 is 11.3 Å². The first-order valence-electron chi connectivity index (χ1n) is 6.33. The summed E-state index contributed by atoms with van der Waals surface area (Å²) in [6.45, 7) is 9.33. The predicted molar refractivity (Wildman–Crippen MR) is 72.3 cm³/mol. The molecule has 2 heteroatoms. The number of hydrogen-bond acceptors (Lipinski definition) is 2. The van der Waals surface area contributed by atoms with Crippen LogP contribution in [0.15, 0.2) is 11.4 Å². The van der Waals surface area contributed by atoms with E-state index in [0.717, 1.165) is 5.92 Å². The van der Waals surface area contributed by atoms with Crippen molar-refractivity contribution >= 4 is 11.3 Å². The van der Waals surface area contributed by atoms with Crippen molar-refractivity contribution in [2.24, 2.45) is 5.41 Å². The second kappa shape index (κ2) is 4.89. The molecular formula is C14H23NS. The van der Waals surface area contributed by atoms with E-state index < -0.39 is 0 Å². The minimum Gasteiger partial charge on any atom is -0.317 e. The van der Waals surface area contributed by atoms with Crippen molar-refractivity contribution in [2.75, 3.05) is 13.1 Å². The summed E-state index contributed by atoms with van der Waals surface area (Å²) in [7, 11) is 0. The summed E-state index contributed by atoms with van der Waals surface area (Å²) in [6, 6.07) is 2.45. The average molecular weight is 237 g/mol. The van der Waals surface area contributed by atoms with E-state index >= 15 is 0 Å². The minimum absolute atomic E-state index is 0.409. The summed E-state index contributed by atoms with van der Waals surface area (Å²) in [5.41, 5.74) is 1.94. The van der Waals surface area contributed by atoms with Crippen molar-refractivity contribution in [2.45, 2.75) is 46.0 Å². The molecule has 1 aliphatic rings. The van der Waals surface area contributed by atoms with Gasteiger partial charge in [0.2, 0.25) is 0 Å². The van der Waals surface area contributed by atoms with Crippen LogP contribution in [0.25, 0.3) is 0 Å². The average Bonchev–Trinajstić information content (AvgIpc) is 2.65. The van der Waals surface area contributed by atoms with Gasteiger partial charge in [-0.05, 0) is 60.7 Å². The first-order chi connectivity index (χ1) is 7.54. The number of nitrogens with one attached hydrogen (secondary N) is 1. The van der Waals surface area contributed by atoms with Gasteiger partial charge in [0.15, 0.2) is 0 Å². The summed E-state index contributed by atoms with van der Waals surface area (Å²) in [4.78, 5) is 1.61. The number of piperidine rings is 1. The highest BCUT2D eigenvalue weighted by Crippen LogP contribution is 2.32. The third-order valence-electron chi connectivity index (χ3n) is 3.15. The molecule has 0 radical (unpaired) electrons. The maximum absolute atomic E-state index is 3.43. The van der Waals surface area contributed by atoms with Crippen molar-refractivity contribution in [3.8, 4) is 0 Å². The molecule has 1 aromatic rings. The van der Waals surface area contributed by atoms with Gasteiger partial charge in [-0.3, -0.25) is 0 Å². The summed E-state index contributed by atoms with van der Waals surface area (Å²) < 4.78 is 0. The molecule has 1 fully saturated rings. The zero-order valence-corrected chi connectivity index (χ0v) is 11.5. The molecule has 2 rings (SSSR count). The molecule has 16 heavy (non-hydrogen) atoms. The molecule has 90 valence electrons. The van der Waals surface area contributed by atoms with Crippen molar-refractivity contribution in [1.29, 1.82) is 0 Å². The maximum Gasteiger partial charge on any atom is 0.00799 e. The molecular weight excluding hydrogens is 214 g/mol. The molecule has 1 aliphatic heterocycles. The zero-order chi connectivity index (χ0) is 11.6. The monoisotopic (exact) mass is 237 g/mol. The van der Waals surface area contributed by atoms with E-state index in [1.165, 1.54) is 37.9 Å². The second-order valence-corrected chi connectivity index (χ2v) is 7.06. The van der Waals surface area contributed by atoms with E-state index in [9.17, 15) is 0 Å². The van der Waals surface area contributed by atoms with E-state index in [2.05, 4.69) is 37.5 Å². The largest absolute Gasteiger partial charge is 0.317 e. The Kier molecular flexibility index (Phi) is 3.70. The van der Waals surface area contributed by atoms with Gasteiger partial charge in [-0.25, -0.2) is 0 Å². The van der Waals surface area contributed by atoms with Crippen LogP contribution in [0.3, 0.4) is 0 Å². The highest BCUT2D eigenvalue weighted by molar-refractivity contribution is 7.10. The van der Waals surface area contributed by atoms with Gasteiger partial charge in [-0.15, -0.1) is 11.3 Å². The molecule has 1 nitrogen and oxygen atoms in total. The van der Waals surface area contributed by atoms with Crippen molar-refractivity contribution in [1.82, 2.24) is 5.32 Å². The molecule has 1 saturated heterocycles. The Labute approximate surface area is 103 Å². The van der Waals surface area contributed by atoms with Gasteiger partial charge < -0.3 is 5.32 Å². The molecule has 0 atom stereocenters. The van der Waals surface area contributed by atoms with E-state index in [-0.39, 0.29) is 0 Å². The lowest BCUT2D eigenvalue weighted by Gasteiger charge is -2.21. The number of rotatable bonds is 2. The molecule has 0 aromatic carbocycles. The maximum atomic E-state index is 3.43. The fraction of sp³-hybridized carbons (Fsp3) is 0.714. The molecule has 0 bridgehead atoms. The minimum atomic E-state index is 0.409. The molecule has 2 heterocycles. The summed E-state index contributed by atoms with van der Waals surface area (Å²) in [6.07, 6.45) is 3.83. The highest BCUT2D eigenvalue weighted by atomic mass is 32.1. The summed E-state index contributed by atoms with van der Waals surface area (Å²) in [5, 5.41) is 5.80. The van der Waals surface area contributed by atoms with E-state index in [1.54, 1.807) is 4.88 Å². The molecule has 1 aromatic heterocycles. The summed E-state index contributed by atoms with van der Waals surface area (Å²) in [5.74, 6) is 0.819. The standard InChI is InChI=1S/C14H23NS/c1-14(2,3)9-11-8-13(16-10-11)12-4-6-15-7-5-12/h8,10,12,15H,4-7,9H2,1-3H3. The Morgan fingerprint density at radius 2 is 2.00 bits per heavy atom. The third-order valence-corrected chi connectivity index (χ3v) is 4.29. The third kappa shape index (κ3) is 3.33. The molecule has 0 aliphatic carbocycles. The fourth-order valence-corrected chi connectivity index (χ4v) is 3.51. The first kappa shape index (κ1) is 12.1. The Bertz CT molecular complexity index is 329. The molecule has 0 saturated carbocycles. The lowest BCUT2D eigenvalue weighted by Crippen LogP contribution is -2.26. The Hall–Kier alpha value is -0.340. The van der Waals surface area contributed by atoms with Gasteiger partial charge >= 0.3 is 0 Å². The molecule has 0 amide bonds. The van der Waals surface area contributed by atoms with Gasteiger partial charge in [-0.1, -0.05) is 20.8 Å². The smallest absolute Gasteiger partial charge is 0.00799 e. The SMILES string of the molecule is CC(C)(C)Cc1csc(C2CCNCC2)c1. The number of thiophene rings is 1. The quantitative estimate of drug-likeness (QED) is 0.825. The topological polar surface area (TPSA) is 12.0 Å². The number of hydrogen-bond donors (Lipinski definition) is 1. The highest BCUT2D eigenvalue weighted by Gasteiger charge is 2.18. The summed E-state index contributed by atoms with van der Waals surface area (Å²) >= 11 is 1.97. The van der Waals surface area contributed by atoms with Crippen LogP contribution in [0.2, 0.25) is 0 Å². The van der Waals surface area contributed by atoms with Crippen molar-refractivity contribution in [3.63, 3.8) is 0 Å². The van der Waals surface area contributed by atoms with Crippen LogP contribution in [0.1, 0.15) is 50.0 Å². The van der Waals surface area contributed by atoms with Crippen molar-refractivity contribution < 1.29 is 0 Å². The normalized spacial score (nSPS) is 18.9. The van der Waals surface area contributed by atoms with Gasteiger partial charge in [-0.2, -0.15) is 0 Å².